The van der Waals surface area contributed by atoms with Crippen LogP contribution in [0, 0.1) is 6.92 Å². The van der Waals surface area contributed by atoms with Crippen LogP contribution >= 0.6 is 0 Å². The highest BCUT2D eigenvalue weighted by Gasteiger charge is 2.29. The molecule has 8 nitrogen and oxygen atoms in total. The van der Waals surface area contributed by atoms with Crippen molar-refractivity contribution in [3.05, 3.63) is 60.0 Å². The van der Waals surface area contributed by atoms with Crippen LogP contribution in [0.1, 0.15) is 48.4 Å². The van der Waals surface area contributed by atoms with Gasteiger partial charge in [-0.1, -0.05) is 36.6 Å². The van der Waals surface area contributed by atoms with Crippen LogP contribution in [0.25, 0.3) is 11.4 Å². The highest BCUT2D eigenvalue weighted by atomic mass is 32.2. The lowest BCUT2D eigenvalue weighted by Crippen LogP contribution is -2.38. The smallest absolute Gasteiger partial charge is 0.255 e. The summed E-state index contributed by atoms with van der Waals surface area (Å²) in [5.74, 6) is 0.448. The van der Waals surface area contributed by atoms with Gasteiger partial charge in [0.05, 0.1) is 10.6 Å². The van der Waals surface area contributed by atoms with E-state index in [0.29, 0.717) is 28.5 Å². The van der Waals surface area contributed by atoms with E-state index in [0.717, 1.165) is 32.1 Å². The molecule has 9 heteroatoms. The summed E-state index contributed by atoms with van der Waals surface area (Å²) in [6.45, 7) is 1.69. The van der Waals surface area contributed by atoms with Gasteiger partial charge in [0, 0.05) is 31.1 Å². The molecule has 1 aliphatic rings. The number of anilines is 1. The summed E-state index contributed by atoms with van der Waals surface area (Å²) in [4.78, 5) is 17.2. The summed E-state index contributed by atoms with van der Waals surface area (Å²) in [6, 6.07) is 13.2. The second-order valence-electron chi connectivity index (χ2n) is 7.97. The van der Waals surface area contributed by atoms with Crippen LogP contribution in [0.3, 0.4) is 0 Å². The summed E-state index contributed by atoms with van der Waals surface area (Å²) in [5, 5.41) is 6.76. The number of aryl methyl sites for hydroxylation is 1. The molecule has 168 valence electrons. The summed E-state index contributed by atoms with van der Waals surface area (Å²) >= 11 is 0. The maximum absolute atomic E-state index is 13.0. The van der Waals surface area contributed by atoms with Gasteiger partial charge in [0.1, 0.15) is 0 Å². The monoisotopic (exact) mass is 454 g/mol. The molecule has 32 heavy (non-hydrogen) atoms. The first-order valence-corrected chi connectivity index (χ1v) is 12.1. The van der Waals surface area contributed by atoms with Crippen molar-refractivity contribution in [3.8, 4) is 11.4 Å². The second kappa shape index (κ2) is 9.22. The van der Waals surface area contributed by atoms with Crippen molar-refractivity contribution in [2.24, 2.45) is 0 Å². The third kappa shape index (κ3) is 4.58. The first-order chi connectivity index (χ1) is 15.4. The lowest BCUT2D eigenvalue weighted by Gasteiger charge is -2.30. The molecule has 3 aromatic rings. The third-order valence-electron chi connectivity index (χ3n) is 5.83. The number of nitrogens with one attached hydrogen (secondary N) is 1. The van der Waals surface area contributed by atoms with E-state index in [4.69, 9.17) is 4.52 Å². The van der Waals surface area contributed by atoms with Gasteiger partial charge in [-0.15, -0.1) is 0 Å². The van der Waals surface area contributed by atoms with E-state index in [1.54, 1.807) is 32.2 Å². The maximum Gasteiger partial charge on any atom is 0.255 e. The molecule has 1 aliphatic carbocycles. The van der Waals surface area contributed by atoms with Gasteiger partial charge in [0.25, 0.3) is 5.91 Å². The van der Waals surface area contributed by atoms with Crippen LogP contribution in [-0.2, 0) is 10.0 Å². The molecule has 1 amide bonds. The van der Waals surface area contributed by atoms with Crippen molar-refractivity contribution in [2.45, 2.75) is 50.0 Å². The van der Waals surface area contributed by atoms with Crippen molar-refractivity contribution in [2.75, 3.05) is 12.4 Å². The number of nitrogens with zero attached hydrogens (tertiary/aromatic N) is 3. The number of aromatic nitrogens is 2. The van der Waals surface area contributed by atoms with Crippen molar-refractivity contribution >= 4 is 21.6 Å². The zero-order valence-corrected chi connectivity index (χ0v) is 18.9. The van der Waals surface area contributed by atoms with E-state index in [1.807, 2.05) is 6.07 Å². The number of hydrogen-bond acceptors (Lipinski definition) is 6. The van der Waals surface area contributed by atoms with Gasteiger partial charge in [0.2, 0.25) is 21.7 Å². The average Bonchev–Trinajstić information content (AvgIpc) is 3.25. The quantitative estimate of drug-likeness (QED) is 0.597. The summed E-state index contributed by atoms with van der Waals surface area (Å²) < 4.78 is 32.5. The molecule has 0 aliphatic heterocycles. The molecule has 0 spiro atoms. The van der Waals surface area contributed by atoms with Crippen LogP contribution in [0.4, 0.5) is 5.69 Å². The number of carbonyl (C=O) groups is 1. The molecule has 1 heterocycles. The van der Waals surface area contributed by atoms with Gasteiger partial charge < -0.3 is 9.84 Å². The Kier molecular flexibility index (Phi) is 6.38. The first-order valence-electron chi connectivity index (χ1n) is 10.7. The molecular weight excluding hydrogens is 428 g/mol. The molecule has 1 fully saturated rings. The van der Waals surface area contributed by atoms with Crippen LogP contribution in [0.5, 0.6) is 0 Å². The van der Waals surface area contributed by atoms with Gasteiger partial charge in [-0.25, -0.2) is 8.42 Å². The third-order valence-corrected chi connectivity index (χ3v) is 7.75. The Balaban J connectivity index is 1.51. The standard InChI is InChI=1S/C23H26N4O4S/c1-16-24-22(26-31-16)20-10-6-7-11-21(20)25-23(28)17-12-14-19(15-13-17)32(29,30)27(2)18-8-4-3-5-9-18/h6-7,10-15,18H,3-5,8-9H2,1-2H3,(H,25,28). The van der Waals surface area contributed by atoms with Crippen molar-refractivity contribution in [3.63, 3.8) is 0 Å². The Morgan fingerprint density at radius 3 is 2.41 bits per heavy atom. The molecule has 1 N–H and O–H groups in total. The predicted octanol–water partition coefficient (Wildman–Crippen LogP) is 4.25. The molecule has 0 saturated heterocycles. The fraction of sp³-hybridized carbons (Fsp3) is 0.348. The largest absolute Gasteiger partial charge is 0.339 e. The topological polar surface area (TPSA) is 105 Å². The van der Waals surface area contributed by atoms with Gasteiger partial charge in [-0.2, -0.15) is 9.29 Å². The van der Waals surface area contributed by atoms with Crippen molar-refractivity contribution < 1.29 is 17.7 Å². The Morgan fingerprint density at radius 1 is 1.06 bits per heavy atom. The average molecular weight is 455 g/mol. The zero-order chi connectivity index (χ0) is 22.7. The van der Waals surface area contributed by atoms with E-state index in [-0.39, 0.29) is 16.8 Å². The first kappa shape index (κ1) is 22.2. The fourth-order valence-corrected chi connectivity index (χ4v) is 5.39. The van der Waals surface area contributed by atoms with Crippen molar-refractivity contribution in [1.82, 2.24) is 14.4 Å². The number of sulfonamides is 1. The fourth-order valence-electron chi connectivity index (χ4n) is 3.98. The van der Waals surface area contributed by atoms with Crippen LogP contribution < -0.4 is 5.32 Å². The van der Waals surface area contributed by atoms with Gasteiger partial charge >= 0.3 is 0 Å². The molecule has 1 saturated carbocycles. The van der Waals surface area contributed by atoms with E-state index >= 15 is 0 Å². The maximum atomic E-state index is 13.0. The minimum Gasteiger partial charge on any atom is -0.339 e. The number of benzene rings is 2. The second-order valence-corrected chi connectivity index (χ2v) is 9.97. The minimum atomic E-state index is -3.61. The number of carbonyl (C=O) groups excluding carboxylic acids is 1. The predicted molar refractivity (Wildman–Crippen MR) is 121 cm³/mol. The molecule has 4 rings (SSSR count). The van der Waals surface area contributed by atoms with E-state index in [2.05, 4.69) is 15.5 Å². The van der Waals surface area contributed by atoms with Gasteiger partial charge in [-0.3, -0.25) is 4.79 Å². The highest BCUT2D eigenvalue weighted by molar-refractivity contribution is 7.89. The van der Waals surface area contributed by atoms with Crippen LogP contribution in [0.15, 0.2) is 57.9 Å². The van der Waals surface area contributed by atoms with Gasteiger partial charge in [-0.05, 0) is 49.2 Å². The number of rotatable bonds is 6. The molecule has 0 radical (unpaired) electrons. The molecule has 0 atom stereocenters. The Morgan fingerprint density at radius 2 is 1.75 bits per heavy atom. The SMILES string of the molecule is Cc1nc(-c2ccccc2NC(=O)c2ccc(S(=O)(=O)N(C)C3CCCCC3)cc2)no1. The number of amides is 1. The number of hydrogen-bond donors (Lipinski definition) is 1. The van der Waals surface area contributed by atoms with E-state index in [1.165, 1.54) is 28.6 Å². The molecule has 1 aromatic heterocycles. The summed E-state index contributed by atoms with van der Waals surface area (Å²) in [6.07, 6.45) is 5.03. The minimum absolute atomic E-state index is 0.0296. The van der Waals surface area contributed by atoms with E-state index in [9.17, 15) is 13.2 Å². The highest BCUT2D eigenvalue weighted by Crippen LogP contribution is 2.28. The Bertz CT molecular complexity index is 1200. The van der Waals surface area contributed by atoms with Crippen LogP contribution in [-0.4, -0.2) is 41.9 Å². The van der Waals surface area contributed by atoms with Crippen LogP contribution in [0.2, 0.25) is 0 Å². The Labute approximate surface area is 187 Å². The zero-order valence-electron chi connectivity index (χ0n) is 18.1. The lowest BCUT2D eigenvalue weighted by molar-refractivity contribution is 0.102. The lowest BCUT2D eigenvalue weighted by atomic mass is 9.96. The normalized spacial score (nSPS) is 15.1. The molecule has 0 bridgehead atoms. The molecular formula is C23H26N4O4S. The molecule has 0 unspecified atom stereocenters. The van der Waals surface area contributed by atoms with E-state index < -0.39 is 10.0 Å². The number of para-hydroxylation sites is 1. The van der Waals surface area contributed by atoms with Crippen molar-refractivity contribution in [1.29, 1.82) is 0 Å². The Hall–Kier alpha value is -3.04. The van der Waals surface area contributed by atoms with Gasteiger partial charge in [0.15, 0.2) is 0 Å². The summed E-state index contributed by atoms with van der Waals surface area (Å²) in [7, 11) is -1.96. The molecule has 2 aromatic carbocycles. The summed E-state index contributed by atoms with van der Waals surface area (Å²) in [5.41, 5.74) is 1.52.